The zero-order chi connectivity index (χ0) is 51.2. The molecule has 0 saturated carbocycles. The lowest BCUT2D eigenvalue weighted by atomic mass is 10.0. The van der Waals surface area contributed by atoms with Gasteiger partial charge in [0.15, 0.2) is 0 Å². The summed E-state index contributed by atoms with van der Waals surface area (Å²) in [4.78, 5) is 0. The average Bonchev–Trinajstić information content (AvgIpc) is 3.32. The van der Waals surface area contributed by atoms with Crippen LogP contribution >= 0.6 is 0 Å². The van der Waals surface area contributed by atoms with Gasteiger partial charge in [0.25, 0.3) is 23.8 Å². The normalized spacial score (nSPS) is 13.7. The molecule has 0 aliphatic rings. The van der Waals surface area contributed by atoms with Crippen LogP contribution in [0.25, 0.3) is 0 Å². The van der Waals surface area contributed by atoms with E-state index in [2.05, 4.69) is 5.32 Å². The number of hydrogen-bond acceptors (Lipinski definition) is 13. The second-order valence-electron chi connectivity index (χ2n) is 17.9. The average molecular weight is 995 g/mol. The lowest BCUT2D eigenvalue weighted by Gasteiger charge is -2.48. The Morgan fingerprint density at radius 3 is 0.652 bits per heavy atom. The molecule has 0 radical (unpaired) electrons. The minimum atomic E-state index is -1.29. The lowest BCUT2D eigenvalue weighted by Crippen LogP contribution is -2.72. The maximum Gasteiger partial charge on any atom is 0.282 e. The van der Waals surface area contributed by atoms with Gasteiger partial charge in [-0.25, -0.2) is 5.32 Å². The third-order valence-corrected chi connectivity index (χ3v) is 12.5. The third-order valence-electron chi connectivity index (χ3n) is 12.5. The van der Waals surface area contributed by atoms with Crippen molar-refractivity contribution in [3.63, 3.8) is 0 Å². The minimum Gasteiger partial charge on any atom is -0.371 e. The van der Waals surface area contributed by atoms with Crippen molar-refractivity contribution < 1.29 is 56.8 Å². The molecule has 0 aromatic heterocycles. The molecule has 0 aromatic carbocycles. The van der Waals surface area contributed by atoms with Gasteiger partial charge < -0.3 is 56.8 Å². The zero-order valence-corrected chi connectivity index (χ0v) is 47.4. The highest BCUT2D eigenvalue weighted by Crippen LogP contribution is 2.33. The van der Waals surface area contributed by atoms with Crippen LogP contribution in [-0.4, -0.2) is 115 Å². The smallest absolute Gasteiger partial charge is 0.282 e. The van der Waals surface area contributed by atoms with Crippen molar-refractivity contribution in [2.45, 2.75) is 286 Å². The number of rotatable bonds is 56. The fourth-order valence-corrected chi connectivity index (χ4v) is 9.56. The van der Waals surface area contributed by atoms with E-state index >= 15 is 0 Å². The van der Waals surface area contributed by atoms with Gasteiger partial charge in [0, 0.05) is 92.1 Å². The fourth-order valence-electron chi connectivity index (χ4n) is 9.56. The highest BCUT2D eigenvalue weighted by atomic mass is 16.9. The molecule has 0 heterocycles. The Morgan fingerprint density at radius 1 is 0.246 bits per heavy atom. The van der Waals surface area contributed by atoms with Crippen LogP contribution in [0.5, 0.6) is 0 Å². The largest absolute Gasteiger partial charge is 0.371 e. The van der Waals surface area contributed by atoms with Crippen molar-refractivity contribution in [3.05, 3.63) is 0 Å². The van der Waals surface area contributed by atoms with Gasteiger partial charge in [-0.1, -0.05) is 128 Å². The Bertz CT molecular complexity index is 946. The van der Waals surface area contributed by atoms with E-state index in [-0.39, 0.29) is 12.2 Å². The Hall–Kier alpha value is -0.520. The zero-order valence-electron chi connectivity index (χ0n) is 47.4. The molecule has 69 heavy (non-hydrogen) atoms. The van der Waals surface area contributed by atoms with Crippen molar-refractivity contribution in [1.29, 1.82) is 0 Å². The maximum absolute atomic E-state index is 6.62. The van der Waals surface area contributed by atoms with Gasteiger partial charge in [-0.2, -0.15) is 0 Å². The molecule has 0 bridgehead atoms. The predicted molar refractivity (Wildman–Crippen MR) is 281 cm³/mol. The van der Waals surface area contributed by atoms with Gasteiger partial charge in [-0.05, 0) is 109 Å². The predicted octanol–water partition coefficient (Wildman–Crippen LogP) is 14.5. The van der Waals surface area contributed by atoms with Crippen LogP contribution in [0.2, 0.25) is 0 Å². The van der Waals surface area contributed by atoms with Crippen LogP contribution in [0.3, 0.4) is 0 Å². The van der Waals surface area contributed by atoms with Crippen LogP contribution in [0, 0.1) is 0 Å². The summed E-state index contributed by atoms with van der Waals surface area (Å²) in [6, 6.07) is 0. The molecule has 1 N–H and O–H groups in total. The van der Waals surface area contributed by atoms with Crippen molar-refractivity contribution in [1.82, 2.24) is 5.32 Å². The van der Waals surface area contributed by atoms with E-state index in [1.54, 1.807) is 0 Å². The topological polar surface area (TPSA) is 123 Å². The van der Waals surface area contributed by atoms with E-state index < -0.39 is 23.8 Å². The number of ether oxygens (including phenoxy) is 12. The van der Waals surface area contributed by atoms with Crippen LogP contribution in [-0.2, 0) is 56.8 Å². The third kappa shape index (κ3) is 30.4. The van der Waals surface area contributed by atoms with Crippen molar-refractivity contribution in [2.75, 3.05) is 79.3 Å². The summed E-state index contributed by atoms with van der Waals surface area (Å²) >= 11 is 0. The number of unbranched alkanes of at least 4 members (excludes halogenated alkanes) is 20. The minimum absolute atomic E-state index is 0.383. The van der Waals surface area contributed by atoms with E-state index in [1.165, 1.54) is 103 Å². The molecule has 0 amide bonds. The molecule has 2 atom stereocenters. The maximum atomic E-state index is 6.62. The van der Waals surface area contributed by atoms with Gasteiger partial charge >= 0.3 is 0 Å². The van der Waals surface area contributed by atoms with Crippen molar-refractivity contribution in [3.8, 4) is 0 Å². The molecule has 0 aromatic rings. The molecular formula is C56H115NO12. The molecule has 13 heteroatoms. The summed E-state index contributed by atoms with van der Waals surface area (Å²) in [6.45, 7) is 30.3. The molecular weight excluding hydrogens is 879 g/mol. The quantitative estimate of drug-likeness (QED) is 0.0460. The van der Waals surface area contributed by atoms with Gasteiger partial charge in [-0.15, -0.1) is 0 Å². The van der Waals surface area contributed by atoms with Gasteiger partial charge in [0.1, 0.15) is 12.2 Å². The van der Waals surface area contributed by atoms with Crippen LogP contribution in [0.4, 0.5) is 0 Å². The van der Waals surface area contributed by atoms with Crippen molar-refractivity contribution in [2.24, 2.45) is 0 Å². The van der Waals surface area contributed by atoms with Crippen LogP contribution in [0.15, 0.2) is 0 Å². The van der Waals surface area contributed by atoms with E-state index in [1.807, 2.05) is 83.1 Å². The van der Waals surface area contributed by atoms with E-state index in [9.17, 15) is 0 Å². The standard InChI is InChI=1S/C56H115NO12/c1-13-58-51(47-43-39-35-31-27-25-29-33-37-41-45-49-53(60-15-3,61-16-4)62-17-5)55(66-21-9,67-22-10)57-56(68-23-11,69-24-12)52(59-14-2)48-44-40-36-32-28-26-30-34-38-42-46-50-54(63-18-6,64-19-7)65-20-8/h51-52,57H,13-50H2,1-12H3. The van der Waals surface area contributed by atoms with E-state index in [4.69, 9.17) is 56.8 Å². The molecule has 13 nitrogen and oxygen atoms in total. The summed E-state index contributed by atoms with van der Waals surface area (Å²) < 4.78 is 74.9. The molecule has 416 valence electrons. The Balaban J connectivity index is 5.19. The molecule has 0 fully saturated rings. The number of hydrogen-bond donors (Lipinski definition) is 1. The summed E-state index contributed by atoms with van der Waals surface area (Å²) in [6.07, 6.45) is 28.6. The van der Waals surface area contributed by atoms with E-state index in [0.717, 1.165) is 64.2 Å². The molecule has 0 aliphatic heterocycles. The monoisotopic (exact) mass is 994 g/mol. The summed E-state index contributed by atoms with van der Waals surface area (Å²) in [5, 5.41) is 3.71. The Morgan fingerprint density at radius 2 is 0.449 bits per heavy atom. The molecule has 0 rings (SSSR count). The van der Waals surface area contributed by atoms with Crippen LogP contribution < -0.4 is 5.32 Å². The van der Waals surface area contributed by atoms with Gasteiger partial charge in [-0.3, -0.25) is 0 Å². The molecule has 0 aliphatic carbocycles. The van der Waals surface area contributed by atoms with Gasteiger partial charge in [0.05, 0.1) is 0 Å². The summed E-state index contributed by atoms with van der Waals surface area (Å²) in [7, 11) is 0. The molecule has 0 saturated heterocycles. The van der Waals surface area contributed by atoms with Crippen LogP contribution in [0.1, 0.15) is 250 Å². The Labute approximate surface area is 426 Å². The second-order valence-corrected chi connectivity index (χ2v) is 17.9. The second kappa shape index (κ2) is 46.0. The molecule has 0 spiro atoms. The SMILES string of the molecule is CCOC(CCCCCCCCCCCCCC(OCC)(OCC)OCC)C(NC(OCC)(OCC)C(CCCCCCCCCCCCCC(OCC)(OCC)OCC)OCC)(OCC)OCC. The first-order valence-corrected chi connectivity index (χ1v) is 29.1. The van der Waals surface area contributed by atoms with Gasteiger partial charge in [0.2, 0.25) is 0 Å². The summed E-state index contributed by atoms with van der Waals surface area (Å²) in [5.74, 6) is -4.35. The molecule has 2 unspecified atom stereocenters. The van der Waals surface area contributed by atoms with Crippen molar-refractivity contribution >= 4 is 0 Å². The lowest BCUT2D eigenvalue weighted by molar-refractivity contribution is -0.388. The number of nitrogens with one attached hydrogen (secondary N) is 1. The van der Waals surface area contributed by atoms with E-state index in [0.29, 0.717) is 79.3 Å². The highest BCUT2D eigenvalue weighted by molar-refractivity contribution is 4.89. The first kappa shape index (κ1) is 68.5. The first-order valence-electron chi connectivity index (χ1n) is 29.1. The Kier molecular flexibility index (Phi) is 45.7. The first-order chi connectivity index (χ1) is 33.6. The highest BCUT2D eigenvalue weighted by Gasteiger charge is 2.53. The fraction of sp³-hybridized carbons (Fsp3) is 1.00. The summed E-state index contributed by atoms with van der Waals surface area (Å²) in [5.41, 5.74) is 0.